The minimum atomic E-state index is 0.634. The summed E-state index contributed by atoms with van der Waals surface area (Å²) in [5.41, 5.74) is 9.72. The van der Waals surface area contributed by atoms with Crippen molar-refractivity contribution < 1.29 is 0 Å². The summed E-state index contributed by atoms with van der Waals surface area (Å²) < 4.78 is 0. The molecule has 18 heavy (non-hydrogen) atoms. The van der Waals surface area contributed by atoms with E-state index in [1.165, 1.54) is 29.8 Å². The van der Waals surface area contributed by atoms with Crippen molar-refractivity contribution in [2.45, 2.75) is 44.4 Å². The van der Waals surface area contributed by atoms with E-state index in [-0.39, 0.29) is 0 Å². The molecule has 100 valence electrons. The molecule has 0 amide bonds. The molecule has 0 bridgehead atoms. The Hall–Kier alpha value is -0.510. The molecule has 0 aromatic heterocycles. The van der Waals surface area contributed by atoms with E-state index in [4.69, 9.17) is 5.73 Å². The number of hydrogen-bond acceptors (Lipinski definition) is 3. The van der Waals surface area contributed by atoms with Gasteiger partial charge in [0.1, 0.15) is 0 Å². The van der Waals surface area contributed by atoms with E-state index in [0.29, 0.717) is 6.54 Å². The van der Waals surface area contributed by atoms with E-state index in [9.17, 15) is 0 Å². The summed E-state index contributed by atoms with van der Waals surface area (Å²) >= 11 is 2.11. The fourth-order valence-electron chi connectivity index (χ4n) is 2.72. The lowest BCUT2D eigenvalue weighted by Gasteiger charge is -2.34. The molecule has 1 aromatic rings. The molecule has 1 fully saturated rings. The molecule has 0 saturated carbocycles. The van der Waals surface area contributed by atoms with Gasteiger partial charge >= 0.3 is 0 Å². The first-order chi connectivity index (χ1) is 8.58. The largest absolute Gasteiger partial charge is 0.326 e. The van der Waals surface area contributed by atoms with E-state index in [2.05, 4.69) is 55.6 Å². The van der Waals surface area contributed by atoms with Crippen molar-refractivity contribution in [3.8, 4) is 0 Å². The van der Waals surface area contributed by atoms with Gasteiger partial charge in [0.2, 0.25) is 0 Å². The van der Waals surface area contributed by atoms with Gasteiger partial charge in [0.05, 0.1) is 0 Å². The zero-order chi connectivity index (χ0) is 13.1. The molecular formula is C15H24N2S. The highest BCUT2D eigenvalue weighted by Crippen LogP contribution is 2.26. The normalized spacial score (nSPS) is 25.3. The van der Waals surface area contributed by atoms with Crippen LogP contribution >= 0.6 is 11.8 Å². The van der Waals surface area contributed by atoms with Crippen LogP contribution in [-0.4, -0.2) is 28.5 Å². The van der Waals surface area contributed by atoms with Crippen LogP contribution < -0.4 is 5.73 Å². The summed E-state index contributed by atoms with van der Waals surface area (Å²) in [5, 5.41) is 1.50. The molecule has 0 aliphatic carbocycles. The average Bonchev–Trinajstić information content (AvgIpc) is 2.30. The maximum Gasteiger partial charge on any atom is 0.0237 e. The van der Waals surface area contributed by atoms with E-state index in [1.54, 1.807) is 0 Å². The van der Waals surface area contributed by atoms with Crippen molar-refractivity contribution in [3.05, 3.63) is 34.9 Å². The summed E-state index contributed by atoms with van der Waals surface area (Å²) in [4.78, 5) is 2.58. The monoisotopic (exact) mass is 264 g/mol. The van der Waals surface area contributed by atoms with E-state index in [0.717, 1.165) is 17.0 Å². The van der Waals surface area contributed by atoms with Gasteiger partial charge in [-0.3, -0.25) is 4.90 Å². The first-order valence-electron chi connectivity index (χ1n) is 6.74. The Morgan fingerprint density at radius 3 is 2.50 bits per heavy atom. The molecule has 2 atom stereocenters. The Morgan fingerprint density at radius 2 is 1.94 bits per heavy atom. The summed E-state index contributed by atoms with van der Waals surface area (Å²) in [5.74, 6) is 0. The molecule has 1 aliphatic rings. The summed E-state index contributed by atoms with van der Waals surface area (Å²) in [6, 6.07) is 6.63. The van der Waals surface area contributed by atoms with E-state index in [1.807, 2.05) is 0 Å². The maximum atomic E-state index is 5.68. The third-order valence-electron chi connectivity index (χ3n) is 3.53. The van der Waals surface area contributed by atoms with Crippen LogP contribution in [0.1, 0.15) is 30.5 Å². The van der Waals surface area contributed by atoms with E-state index < -0.39 is 0 Å². The zero-order valence-corrected chi connectivity index (χ0v) is 12.5. The second-order valence-electron chi connectivity index (χ2n) is 5.42. The second kappa shape index (κ2) is 6.09. The predicted molar refractivity (Wildman–Crippen MR) is 80.9 cm³/mol. The molecule has 3 heteroatoms. The van der Waals surface area contributed by atoms with Crippen LogP contribution in [0.3, 0.4) is 0 Å². The maximum absolute atomic E-state index is 5.68. The molecule has 0 spiro atoms. The molecule has 2 unspecified atom stereocenters. The number of nitrogens with zero attached hydrogens (tertiary/aromatic N) is 1. The zero-order valence-electron chi connectivity index (χ0n) is 11.6. The number of rotatable bonds is 3. The SMILES string of the molecule is Cc1cc(CN)ccc1CN1CC(C)SC(C)C1. The minimum absolute atomic E-state index is 0.634. The van der Waals surface area contributed by atoms with Gasteiger partial charge in [0.15, 0.2) is 0 Å². The molecule has 0 radical (unpaired) electrons. The Morgan fingerprint density at radius 1 is 1.28 bits per heavy atom. The van der Waals surface area contributed by atoms with Crippen molar-refractivity contribution in [1.29, 1.82) is 0 Å². The van der Waals surface area contributed by atoms with Gasteiger partial charge in [-0.15, -0.1) is 0 Å². The second-order valence-corrected chi connectivity index (χ2v) is 7.30. The first-order valence-corrected chi connectivity index (χ1v) is 7.69. The molecule has 1 saturated heterocycles. The molecule has 2 N–H and O–H groups in total. The third-order valence-corrected chi connectivity index (χ3v) is 4.76. The van der Waals surface area contributed by atoms with Gasteiger partial charge in [0.25, 0.3) is 0 Å². The number of hydrogen-bond donors (Lipinski definition) is 1. The smallest absolute Gasteiger partial charge is 0.0237 e. The Bertz CT molecular complexity index is 395. The van der Waals surface area contributed by atoms with Crippen molar-refractivity contribution in [1.82, 2.24) is 4.90 Å². The Balaban J connectivity index is 2.04. The summed E-state index contributed by atoms with van der Waals surface area (Å²) in [7, 11) is 0. The van der Waals surface area contributed by atoms with Crippen molar-refractivity contribution >= 4 is 11.8 Å². The number of aryl methyl sites for hydroxylation is 1. The van der Waals surface area contributed by atoms with Crippen LogP contribution in [0.5, 0.6) is 0 Å². The van der Waals surface area contributed by atoms with Crippen LogP contribution in [0.15, 0.2) is 18.2 Å². The van der Waals surface area contributed by atoms with Crippen molar-refractivity contribution in [2.24, 2.45) is 5.73 Å². The molecule has 1 aliphatic heterocycles. The Kier molecular flexibility index (Phi) is 4.71. The van der Waals surface area contributed by atoms with E-state index >= 15 is 0 Å². The quantitative estimate of drug-likeness (QED) is 0.910. The van der Waals surface area contributed by atoms with Crippen LogP contribution in [0, 0.1) is 6.92 Å². The average molecular weight is 264 g/mol. The first kappa shape index (κ1) is 13.9. The van der Waals surface area contributed by atoms with Crippen molar-refractivity contribution in [2.75, 3.05) is 13.1 Å². The number of thioether (sulfide) groups is 1. The molecule has 2 rings (SSSR count). The van der Waals surface area contributed by atoms with Gasteiger partial charge in [-0.1, -0.05) is 32.0 Å². The third kappa shape index (κ3) is 3.50. The number of benzene rings is 1. The molecule has 1 aromatic carbocycles. The van der Waals surface area contributed by atoms with Crippen LogP contribution in [0.4, 0.5) is 0 Å². The summed E-state index contributed by atoms with van der Waals surface area (Å²) in [6.07, 6.45) is 0. The lowest BCUT2D eigenvalue weighted by molar-refractivity contribution is 0.262. The van der Waals surface area contributed by atoms with Crippen LogP contribution in [0.2, 0.25) is 0 Å². The fraction of sp³-hybridized carbons (Fsp3) is 0.600. The summed E-state index contributed by atoms with van der Waals surface area (Å²) in [6.45, 7) is 11.0. The highest BCUT2D eigenvalue weighted by Gasteiger charge is 2.22. The minimum Gasteiger partial charge on any atom is -0.326 e. The van der Waals surface area contributed by atoms with Gasteiger partial charge in [0, 0.05) is 36.7 Å². The van der Waals surface area contributed by atoms with Crippen LogP contribution in [-0.2, 0) is 13.1 Å². The number of nitrogens with two attached hydrogens (primary N) is 1. The topological polar surface area (TPSA) is 29.3 Å². The Labute approximate surface area is 115 Å². The molecular weight excluding hydrogens is 240 g/mol. The van der Waals surface area contributed by atoms with Crippen molar-refractivity contribution in [3.63, 3.8) is 0 Å². The lowest BCUT2D eigenvalue weighted by atomic mass is 10.0. The molecule has 1 heterocycles. The van der Waals surface area contributed by atoms with Gasteiger partial charge in [-0.2, -0.15) is 11.8 Å². The van der Waals surface area contributed by atoms with Gasteiger partial charge in [-0.25, -0.2) is 0 Å². The predicted octanol–water partition coefficient (Wildman–Crippen LogP) is 2.78. The highest BCUT2D eigenvalue weighted by molar-refractivity contribution is 8.00. The van der Waals surface area contributed by atoms with Gasteiger partial charge in [-0.05, 0) is 23.6 Å². The van der Waals surface area contributed by atoms with Gasteiger partial charge < -0.3 is 5.73 Å². The fourth-order valence-corrected chi connectivity index (χ4v) is 4.10. The highest BCUT2D eigenvalue weighted by atomic mass is 32.2. The molecule has 2 nitrogen and oxygen atoms in total. The lowest BCUT2D eigenvalue weighted by Crippen LogP contribution is -2.39. The van der Waals surface area contributed by atoms with Crippen LogP contribution in [0.25, 0.3) is 0 Å². The standard InChI is InChI=1S/C15H24N2S/c1-11-6-14(7-16)4-5-15(11)10-17-8-12(2)18-13(3)9-17/h4-6,12-13H,7-10,16H2,1-3H3.